The van der Waals surface area contributed by atoms with E-state index in [0.29, 0.717) is 0 Å². The summed E-state index contributed by atoms with van der Waals surface area (Å²) >= 11 is 0. The van der Waals surface area contributed by atoms with Crippen LogP contribution in [0.25, 0.3) is 0 Å². The predicted molar refractivity (Wildman–Crippen MR) is 52.8 cm³/mol. The molecular formula is C11H14O2. The molecule has 1 rings (SSSR count). The predicted octanol–water partition coefficient (Wildman–Crippen LogP) is 2.40. The van der Waals surface area contributed by atoms with Crippen molar-refractivity contribution in [2.24, 2.45) is 0 Å². The number of hydrogen-bond acceptors (Lipinski definition) is 2. The maximum absolute atomic E-state index is 5.10. The smallest absolute Gasteiger partial charge is 0.126 e. The van der Waals surface area contributed by atoms with Gasteiger partial charge in [-0.2, -0.15) is 0 Å². The lowest BCUT2D eigenvalue weighted by Crippen LogP contribution is -1.93. The first-order valence-electron chi connectivity index (χ1n) is 4.22. The van der Waals surface area contributed by atoms with Gasteiger partial charge in [0.25, 0.3) is 0 Å². The quantitative estimate of drug-likeness (QED) is 0.644. The molecule has 0 amide bonds. The van der Waals surface area contributed by atoms with E-state index >= 15 is 0 Å². The number of rotatable bonds is 5. The molecule has 0 saturated carbocycles. The Balaban J connectivity index is 2.53. The van der Waals surface area contributed by atoms with Gasteiger partial charge in [0.05, 0.1) is 12.9 Å². The Labute approximate surface area is 78.8 Å². The van der Waals surface area contributed by atoms with Crippen molar-refractivity contribution in [1.82, 2.24) is 0 Å². The zero-order valence-corrected chi connectivity index (χ0v) is 7.82. The van der Waals surface area contributed by atoms with Crippen LogP contribution in [0.2, 0.25) is 0 Å². The number of benzene rings is 1. The molecule has 0 spiro atoms. The molecule has 13 heavy (non-hydrogen) atoms. The van der Waals surface area contributed by atoms with Crippen molar-refractivity contribution in [3.63, 3.8) is 0 Å². The highest BCUT2D eigenvalue weighted by Crippen LogP contribution is 2.12. The van der Waals surface area contributed by atoms with E-state index in [1.165, 1.54) is 11.8 Å². The van der Waals surface area contributed by atoms with Crippen LogP contribution in [0, 0.1) is 0 Å². The molecule has 0 aliphatic heterocycles. The van der Waals surface area contributed by atoms with E-state index in [9.17, 15) is 0 Å². The molecular weight excluding hydrogens is 164 g/mol. The average molecular weight is 178 g/mol. The second-order valence-electron chi connectivity index (χ2n) is 2.67. The van der Waals surface area contributed by atoms with Crippen LogP contribution in [0.15, 0.2) is 37.1 Å². The van der Waals surface area contributed by atoms with Crippen molar-refractivity contribution < 1.29 is 9.47 Å². The first kappa shape index (κ1) is 9.81. The molecule has 1 aromatic carbocycles. The molecule has 1 aromatic rings. The number of hydrogen-bond donors (Lipinski definition) is 0. The van der Waals surface area contributed by atoms with E-state index in [0.717, 1.165) is 18.8 Å². The maximum atomic E-state index is 5.10. The lowest BCUT2D eigenvalue weighted by atomic mass is 10.1. The van der Waals surface area contributed by atoms with Gasteiger partial charge in [0, 0.05) is 7.11 Å². The molecule has 0 bridgehead atoms. The van der Waals surface area contributed by atoms with Crippen molar-refractivity contribution in [3.8, 4) is 5.75 Å². The molecule has 0 aromatic heterocycles. The van der Waals surface area contributed by atoms with Gasteiger partial charge < -0.3 is 9.47 Å². The Morgan fingerprint density at radius 3 is 2.54 bits per heavy atom. The standard InChI is InChI=1S/C11H14O2/c1-3-13-11-6-4-10(5-7-11)8-9-12-2/h3-7H,1,8-9H2,2H3. The van der Waals surface area contributed by atoms with Crippen LogP contribution < -0.4 is 4.74 Å². The lowest BCUT2D eigenvalue weighted by Gasteiger charge is -2.02. The van der Waals surface area contributed by atoms with Crippen molar-refractivity contribution in [1.29, 1.82) is 0 Å². The molecule has 0 heterocycles. The van der Waals surface area contributed by atoms with Crippen LogP contribution in [0.5, 0.6) is 5.75 Å². The highest BCUT2D eigenvalue weighted by molar-refractivity contribution is 5.27. The van der Waals surface area contributed by atoms with Crippen LogP contribution in [-0.2, 0) is 11.2 Å². The average Bonchev–Trinajstić information content (AvgIpc) is 2.17. The van der Waals surface area contributed by atoms with Crippen molar-refractivity contribution in [3.05, 3.63) is 42.7 Å². The molecule has 2 nitrogen and oxygen atoms in total. The third-order valence-corrected chi connectivity index (χ3v) is 1.74. The molecule has 0 N–H and O–H groups in total. The fourth-order valence-electron chi connectivity index (χ4n) is 1.05. The topological polar surface area (TPSA) is 18.5 Å². The third-order valence-electron chi connectivity index (χ3n) is 1.74. The van der Waals surface area contributed by atoms with Gasteiger partial charge in [0.2, 0.25) is 0 Å². The van der Waals surface area contributed by atoms with Gasteiger partial charge in [0.15, 0.2) is 0 Å². The molecule has 70 valence electrons. The van der Waals surface area contributed by atoms with Crippen LogP contribution in [0.3, 0.4) is 0 Å². The summed E-state index contributed by atoms with van der Waals surface area (Å²) in [6, 6.07) is 7.90. The zero-order valence-electron chi connectivity index (χ0n) is 7.82. The van der Waals surface area contributed by atoms with Gasteiger partial charge in [-0.3, -0.25) is 0 Å². The molecule has 0 unspecified atom stereocenters. The molecule has 0 saturated heterocycles. The van der Waals surface area contributed by atoms with Gasteiger partial charge in [-0.1, -0.05) is 18.7 Å². The summed E-state index contributed by atoms with van der Waals surface area (Å²) in [5, 5.41) is 0. The molecule has 0 aliphatic rings. The normalized spacial score (nSPS) is 9.62. The highest BCUT2D eigenvalue weighted by atomic mass is 16.5. The zero-order chi connectivity index (χ0) is 9.52. The summed E-state index contributed by atoms with van der Waals surface area (Å²) in [4.78, 5) is 0. The lowest BCUT2D eigenvalue weighted by molar-refractivity contribution is 0.202. The molecule has 0 fully saturated rings. The minimum Gasteiger partial charge on any atom is -0.466 e. The molecule has 2 heteroatoms. The number of ether oxygens (including phenoxy) is 2. The highest BCUT2D eigenvalue weighted by Gasteiger charge is 1.93. The second kappa shape index (κ2) is 5.38. The maximum Gasteiger partial charge on any atom is 0.126 e. The van der Waals surface area contributed by atoms with E-state index in [1.807, 2.05) is 24.3 Å². The Bertz CT molecular complexity index is 251. The van der Waals surface area contributed by atoms with Gasteiger partial charge in [-0.25, -0.2) is 0 Å². The summed E-state index contributed by atoms with van der Waals surface area (Å²) in [6.07, 6.45) is 2.36. The van der Waals surface area contributed by atoms with Crippen LogP contribution >= 0.6 is 0 Å². The Morgan fingerprint density at radius 1 is 1.31 bits per heavy atom. The minimum absolute atomic E-state index is 0.752. The SMILES string of the molecule is C=COc1ccc(CCOC)cc1. The fourth-order valence-corrected chi connectivity index (χ4v) is 1.05. The fraction of sp³-hybridized carbons (Fsp3) is 0.273. The van der Waals surface area contributed by atoms with Crippen molar-refractivity contribution in [2.45, 2.75) is 6.42 Å². The molecule has 0 aliphatic carbocycles. The van der Waals surface area contributed by atoms with Gasteiger partial charge in [0.1, 0.15) is 5.75 Å². The third kappa shape index (κ3) is 3.30. The Morgan fingerprint density at radius 2 is 2.00 bits per heavy atom. The number of methoxy groups -OCH3 is 1. The summed E-state index contributed by atoms with van der Waals surface area (Å²) in [5.41, 5.74) is 1.25. The first-order valence-corrected chi connectivity index (χ1v) is 4.22. The van der Waals surface area contributed by atoms with E-state index in [1.54, 1.807) is 7.11 Å². The first-order chi connectivity index (χ1) is 6.36. The minimum atomic E-state index is 0.752. The van der Waals surface area contributed by atoms with Crippen molar-refractivity contribution >= 4 is 0 Å². The van der Waals surface area contributed by atoms with E-state index in [2.05, 4.69) is 6.58 Å². The van der Waals surface area contributed by atoms with E-state index in [4.69, 9.17) is 9.47 Å². The second-order valence-corrected chi connectivity index (χ2v) is 2.67. The van der Waals surface area contributed by atoms with Gasteiger partial charge >= 0.3 is 0 Å². The van der Waals surface area contributed by atoms with Crippen molar-refractivity contribution in [2.75, 3.05) is 13.7 Å². The van der Waals surface area contributed by atoms with E-state index < -0.39 is 0 Å². The summed E-state index contributed by atoms with van der Waals surface area (Å²) in [7, 11) is 1.70. The largest absolute Gasteiger partial charge is 0.466 e. The van der Waals surface area contributed by atoms with Gasteiger partial charge in [-0.15, -0.1) is 0 Å². The molecule has 0 radical (unpaired) electrons. The summed E-state index contributed by atoms with van der Waals surface area (Å²) < 4.78 is 10.1. The Kier molecular flexibility index (Phi) is 4.06. The summed E-state index contributed by atoms with van der Waals surface area (Å²) in [5.74, 6) is 0.816. The van der Waals surface area contributed by atoms with Gasteiger partial charge in [-0.05, 0) is 24.1 Å². The Hall–Kier alpha value is -1.28. The summed E-state index contributed by atoms with van der Waals surface area (Å²) in [6.45, 7) is 4.24. The molecule has 0 atom stereocenters. The van der Waals surface area contributed by atoms with E-state index in [-0.39, 0.29) is 0 Å². The van der Waals surface area contributed by atoms with Crippen LogP contribution in [0.4, 0.5) is 0 Å². The monoisotopic (exact) mass is 178 g/mol. The van der Waals surface area contributed by atoms with Crippen LogP contribution in [-0.4, -0.2) is 13.7 Å². The van der Waals surface area contributed by atoms with Crippen LogP contribution in [0.1, 0.15) is 5.56 Å².